The molecule has 4 nitrogen and oxygen atoms in total. The molecule has 0 saturated carbocycles. The van der Waals surface area contributed by atoms with Crippen molar-refractivity contribution in [3.63, 3.8) is 0 Å². The molecular formula is C12H14BrN3OS. The maximum atomic E-state index is 9.65. The van der Waals surface area contributed by atoms with Crippen molar-refractivity contribution in [1.82, 2.24) is 15.2 Å². The number of halogens is 1. The van der Waals surface area contributed by atoms with Crippen molar-refractivity contribution in [2.75, 3.05) is 5.75 Å². The molecule has 1 aromatic carbocycles. The molecule has 0 aliphatic heterocycles. The number of hydrogen-bond donors (Lipinski definition) is 2. The Morgan fingerprint density at radius 3 is 2.78 bits per heavy atom. The SMILES string of the molecule is CC(C)(O)CSc1n[nH]c(-c2ccccc2Br)n1. The molecule has 0 unspecified atom stereocenters. The van der Waals surface area contributed by atoms with Crippen LogP contribution in [0, 0.1) is 0 Å². The van der Waals surface area contributed by atoms with Gasteiger partial charge in [-0.3, -0.25) is 5.10 Å². The summed E-state index contributed by atoms with van der Waals surface area (Å²) in [7, 11) is 0. The number of rotatable bonds is 4. The third-order valence-corrected chi connectivity index (χ3v) is 4.13. The summed E-state index contributed by atoms with van der Waals surface area (Å²) in [5, 5.41) is 17.3. The summed E-state index contributed by atoms with van der Waals surface area (Å²) in [5.74, 6) is 1.28. The normalized spacial score (nSPS) is 11.8. The van der Waals surface area contributed by atoms with Crippen LogP contribution in [-0.2, 0) is 0 Å². The Balaban J connectivity index is 2.14. The van der Waals surface area contributed by atoms with Gasteiger partial charge in [-0.2, -0.15) is 0 Å². The van der Waals surface area contributed by atoms with Gasteiger partial charge in [0.1, 0.15) is 0 Å². The maximum Gasteiger partial charge on any atom is 0.208 e. The Hall–Kier alpha value is -0.850. The van der Waals surface area contributed by atoms with Crippen LogP contribution in [0.25, 0.3) is 11.4 Å². The van der Waals surface area contributed by atoms with E-state index in [1.165, 1.54) is 11.8 Å². The molecule has 0 bridgehead atoms. The van der Waals surface area contributed by atoms with Gasteiger partial charge in [-0.05, 0) is 19.9 Å². The lowest BCUT2D eigenvalue weighted by atomic mass is 10.2. The minimum absolute atomic E-state index is 0.556. The number of aromatic amines is 1. The van der Waals surface area contributed by atoms with E-state index >= 15 is 0 Å². The van der Waals surface area contributed by atoms with Gasteiger partial charge in [0, 0.05) is 15.8 Å². The molecule has 2 N–H and O–H groups in total. The first-order valence-corrected chi connectivity index (χ1v) is 7.26. The van der Waals surface area contributed by atoms with Crippen molar-refractivity contribution in [2.24, 2.45) is 0 Å². The predicted molar refractivity (Wildman–Crippen MR) is 76.5 cm³/mol. The van der Waals surface area contributed by atoms with E-state index in [1.807, 2.05) is 24.3 Å². The molecule has 0 amide bonds. The number of nitrogens with one attached hydrogen (secondary N) is 1. The Bertz CT molecular complexity index is 536. The molecule has 2 aromatic rings. The molecule has 0 fully saturated rings. The zero-order valence-corrected chi connectivity index (χ0v) is 12.5. The summed E-state index contributed by atoms with van der Waals surface area (Å²) in [6.45, 7) is 3.53. The molecule has 1 heterocycles. The molecular weight excluding hydrogens is 314 g/mol. The standard InChI is InChI=1S/C12H14BrN3OS/c1-12(2,17)7-18-11-14-10(15-16-11)8-5-3-4-6-9(8)13/h3-6,17H,7H2,1-2H3,(H,14,15,16). The third-order valence-electron chi connectivity index (χ3n) is 2.15. The van der Waals surface area contributed by atoms with Crippen LogP contribution >= 0.6 is 27.7 Å². The van der Waals surface area contributed by atoms with Gasteiger partial charge >= 0.3 is 0 Å². The van der Waals surface area contributed by atoms with E-state index in [1.54, 1.807) is 13.8 Å². The van der Waals surface area contributed by atoms with Crippen molar-refractivity contribution < 1.29 is 5.11 Å². The van der Waals surface area contributed by atoms with E-state index in [-0.39, 0.29) is 0 Å². The highest BCUT2D eigenvalue weighted by Crippen LogP contribution is 2.27. The highest BCUT2D eigenvalue weighted by Gasteiger charge is 2.15. The molecule has 1 aromatic heterocycles. The summed E-state index contributed by atoms with van der Waals surface area (Å²) >= 11 is 4.91. The zero-order chi connectivity index (χ0) is 13.2. The number of benzene rings is 1. The van der Waals surface area contributed by atoms with Crippen molar-refractivity contribution in [3.05, 3.63) is 28.7 Å². The average molecular weight is 328 g/mol. The van der Waals surface area contributed by atoms with E-state index < -0.39 is 5.60 Å². The Kier molecular flexibility index (Phi) is 4.09. The molecule has 0 atom stereocenters. The Morgan fingerprint density at radius 2 is 2.11 bits per heavy atom. The molecule has 0 saturated heterocycles. The lowest BCUT2D eigenvalue weighted by Crippen LogP contribution is -2.21. The molecule has 0 aliphatic rings. The van der Waals surface area contributed by atoms with Crippen molar-refractivity contribution in [2.45, 2.75) is 24.6 Å². The number of aromatic nitrogens is 3. The first-order chi connectivity index (χ1) is 8.46. The van der Waals surface area contributed by atoms with Crippen molar-refractivity contribution in [1.29, 1.82) is 0 Å². The average Bonchev–Trinajstić information content (AvgIpc) is 2.75. The fourth-order valence-corrected chi connectivity index (χ4v) is 2.55. The van der Waals surface area contributed by atoms with E-state index in [4.69, 9.17) is 0 Å². The molecule has 18 heavy (non-hydrogen) atoms. The second-order valence-corrected chi connectivity index (χ2v) is 6.34. The molecule has 0 spiro atoms. The molecule has 0 radical (unpaired) electrons. The number of hydrogen-bond acceptors (Lipinski definition) is 4. The quantitative estimate of drug-likeness (QED) is 0.847. The van der Waals surface area contributed by atoms with E-state index in [2.05, 4.69) is 31.1 Å². The predicted octanol–water partition coefficient (Wildman–Crippen LogP) is 3.10. The Morgan fingerprint density at radius 1 is 1.39 bits per heavy atom. The highest BCUT2D eigenvalue weighted by molar-refractivity contribution is 9.10. The first-order valence-electron chi connectivity index (χ1n) is 5.48. The first kappa shape index (κ1) is 13.6. The lowest BCUT2D eigenvalue weighted by Gasteiger charge is -2.14. The van der Waals surface area contributed by atoms with Crippen LogP contribution in [0.5, 0.6) is 0 Å². The summed E-state index contributed by atoms with van der Waals surface area (Å²) in [6.07, 6.45) is 0. The molecule has 96 valence electrons. The second-order valence-electron chi connectivity index (χ2n) is 4.55. The summed E-state index contributed by atoms with van der Waals surface area (Å²) in [6, 6.07) is 7.83. The van der Waals surface area contributed by atoms with Crippen molar-refractivity contribution in [3.8, 4) is 11.4 Å². The van der Waals surface area contributed by atoms with Gasteiger partial charge in [0.25, 0.3) is 0 Å². The number of nitrogens with zero attached hydrogens (tertiary/aromatic N) is 2. The summed E-state index contributed by atoms with van der Waals surface area (Å²) < 4.78 is 0.972. The van der Waals surface area contributed by atoms with Crippen molar-refractivity contribution >= 4 is 27.7 Å². The number of thioether (sulfide) groups is 1. The van der Waals surface area contributed by atoms with Gasteiger partial charge in [0.15, 0.2) is 5.82 Å². The van der Waals surface area contributed by atoms with Gasteiger partial charge in [-0.15, -0.1) is 5.10 Å². The van der Waals surface area contributed by atoms with Crippen LogP contribution in [0.2, 0.25) is 0 Å². The number of aliphatic hydroxyl groups is 1. The largest absolute Gasteiger partial charge is 0.390 e. The minimum Gasteiger partial charge on any atom is -0.390 e. The molecule has 0 aliphatic carbocycles. The second kappa shape index (κ2) is 5.42. The van der Waals surface area contributed by atoms with E-state index in [0.29, 0.717) is 10.9 Å². The van der Waals surface area contributed by atoms with Gasteiger partial charge in [-0.25, -0.2) is 4.98 Å². The van der Waals surface area contributed by atoms with Gasteiger partial charge in [0.2, 0.25) is 5.16 Å². The highest BCUT2D eigenvalue weighted by atomic mass is 79.9. The lowest BCUT2D eigenvalue weighted by molar-refractivity contribution is 0.107. The topological polar surface area (TPSA) is 61.8 Å². The van der Waals surface area contributed by atoms with E-state index in [9.17, 15) is 5.11 Å². The van der Waals surface area contributed by atoms with Crippen LogP contribution in [0.3, 0.4) is 0 Å². The summed E-state index contributed by atoms with van der Waals surface area (Å²) in [5.41, 5.74) is 0.249. The summed E-state index contributed by atoms with van der Waals surface area (Å²) in [4.78, 5) is 4.40. The fraction of sp³-hybridized carbons (Fsp3) is 0.333. The maximum absolute atomic E-state index is 9.65. The van der Waals surface area contributed by atoms with Crippen LogP contribution in [0.4, 0.5) is 0 Å². The third kappa shape index (κ3) is 3.57. The smallest absolute Gasteiger partial charge is 0.208 e. The van der Waals surface area contributed by atoms with Crippen LogP contribution in [0.15, 0.2) is 33.9 Å². The minimum atomic E-state index is -0.723. The molecule has 2 rings (SSSR count). The van der Waals surface area contributed by atoms with Crippen LogP contribution in [-0.4, -0.2) is 31.6 Å². The van der Waals surface area contributed by atoms with Gasteiger partial charge < -0.3 is 5.11 Å². The molecule has 6 heteroatoms. The monoisotopic (exact) mass is 327 g/mol. The Labute approximate surface area is 118 Å². The van der Waals surface area contributed by atoms with Crippen LogP contribution in [0.1, 0.15) is 13.8 Å². The van der Waals surface area contributed by atoms with Gasteiger partial charge in [0.05, 0.1) is 5.60 Å². The van der Waals surface area contributed by atoms with E-state index in [0.717, 1.165) is 15.9 Å². The van der Waals surface area contributed by atoms with Crippen LogP contribution < -0.4 is 0 Å². The zero-order valence-electron chi connectivity index (χ0n) is 10.1. The van der Waals surface area contributed by atoms with Gasteiger partial charge in [-0.1, -0.05) is 45.9 Å². The number of H-pyrrole nitrogens is 1. The fourth-order valence-electron chi connectivity index (χ4n) is 1.33.